The minimum atomic E-state index is -0.266. The Morgan fingerprint density at radius 2 is 2.06 bits per heavy atom. The van der Waals surface area contributed by atoms with Crippen molar-refractivity contribution >= 4 is 22.7 Å². The van der Waals surface area contributed by atoms with Gasteiger partial charge in [-0.2, -0.15) is 0 Å². The van der Waals surface area contributed by atoms with Gasteiger partial charge < -0.3 is 19.5 Å². The number of aromatic amines is 1. The third-order valence-electron chi connectivity index (χ3n) is 7.47. The highest BCUT2D eigenvalue weighted by molar-refractivity contribution is 5.91. The number of nitrogens with one attached hydrogen (secondary N) is 1. The molecule has 3 aliphatic rings. The van der Waals surface area contributed by atoms with E-state index in [-0.39, 0.29) is 23.1 Å². The predicted octanol–water partition coefficient (Wildman–Crippen LogP) is 3.49. The van der Waals surface area contributed by atoms with Crippen molar-refractivity contribution in [2.24, 2.45) is 11.3 Å². The summed E-state index contributed by atoms with van der Waals surface area (Å²) < 4.78 is 5.38. The highest BCUT2D eigenvalue weighted by Crippen LogP contribution is 2.52. The highest BCUT2D eigenvalue weighted by atomic mass is 16.5. The van der Waals surface area contributed by atoms with Crippen LogP contribution in [-0.2, 0) is 20.7 Å². The molecule has 3 heterocycles. The summed E-state index contributed by atoms with van der Waals surface area (Å²) >= 11 is 0. The normalized spacial score (nSPS) is 26.3. The summed E-state index contributed by atoms with van der Waals surface area (Å²) in [5.41, 5.74) is 3.26. The maximum Gasteiger partial charge on any atom is 0.231 e. The summed E-state index contributed by atoms with van der Waals surface area (Å²) in [5, 5.41) is 1.22. The molecule has 6 nitrogen and oxygen atoms in total. The molecule has 0 radical (unpaired) electrons. The van der Waals surface area contributed by atoms with Gasteiger partial charge in [-0.05, 0) is 37.3 Å². The molecule has 31 heavy (non-hydrogen) atoms. The first-order valence-corrected chi connectivity index (χ1v) is 11.5. The minimum absolute atomic E-state index is 0.0891. The van der Waals surface area contributed by atoms with Gasteiger partial charge in [0, 0.05) is 54.3 Å². The minimum Gasteiger partial charge on any atom is -0.378 e. The molecule has 1 N–H and O–H groups in total. The molecule has 164 valence electrons. The standard InChI is InChI=1S/C25H31N3O3/c1-25-10-5-4-8-22(25)28(11-9-18-17-26-21-7-3-2-6-19(18)21)24(30)20(25)16-23(29)27-12-14-31-15-13-27/h2-3,6-8,17,20,26H,4-5,9-16H2,1H3/t20-,25+/m1/s1. The molecule has 2 aliphatic heterocycles. The van der Waals surface area contributed by atoms with Crippen LogP contribution in [0.4, 0.5) is 0 Å². The number of ether oxygens (including phenoxy) is 1. The topological polar surface area (TPSA) is 65.6 Å². The van der Waals surface area contributed by atoms with Crippen molar-refractivity contribution < 1.29 is 14.3 Å². The molecule has 1 aromatic heterocycles. The SMILES string of the molecule is C[C@@]12CCCC=C1N(CCc1c[nH]c3ccccc13)C(=O)[C@H]2CC(=O)N1CCOCC1. The Hall–Kier alpha value is -2.60. The molecule has 2 saturated heterocycles. The van der Waals surface area contributed by atoms with Gasteiger partial charge in [0.25, 0.3) is 0 Å². The Kier molecular flexibility index (Phi) is 5.34. The first-order chi connectivity index (χ1) is 15.1. The predicted molar refractivity (Wildman–Crippen MR) is 119 cm³/mol. The largest absolute Gasteiger partial charge is 0.378 e. The van der Waals surface area contributed by atoms with Gasteiger partial charge in [0.1, 0.15) is 0 Å². The van der Waals surface area contributed by atoms with Gasteiger partial charge in [-0.3, -0.25) is 9.59 Å². The maximum atomic E-state index is 13.6. The Labute approximate surface area is 183 Å². The van der Waals surface area contributed by atoms with Gasteiger partial charge in [-0.1, -0.05) is 31.2 Å². The third-order valence-corrected chi connectivity index (χ3v) is 7.47. The zero-order chi connectivity index (χ0) is 21.4. The second-order valence-electron chi connectivity index (χ2n) is 9.25. The number of hydrogen-bond donors (Lipinski definition) is 1. The summed E-state index contributed by atoms with van der Waals surface area (Å²) in [5.74, 6) is -0.0549. The highest BCUT2D eigenvalue weighted by Gasteiger charge is 2.53. The molecule has 1 aliphatic carbocycles. The van der Waals surface area contributed by atoms with Gasteiger partial charge in [0.15, 0.2) is 0 Å². The summed E-state index contributed by atoms with van der Waals surface area (Å²) in [6.45, 7) is 5.28. The Balaban J connectivity index is 1.36. The number of nitrogens with zero attached hydrogens (tertiary/aromatic N) is 2. The number of carbonyl (C=O) groups is 2. The Morgan fingerprint density at radius 1 is 1.26 bits per heavy atom. The van der Waals surface area contributed by atoms with E-state index in [4.69, 9.17) is 4.74 Å². The van der Waals surface area contributed by atoms with E-state index < -0.39 is 0 Å². The van der Waals surface area contributed by atoms with E-state index in [0.29, 0.717) is 39.3 Å². The van der Waals surface area contributed by atoms with Crippen LogP contribution in [0.25, 0.3) is 10.9 Å². The summed E-state index contributed by atoms with van der Waals surface area (Å²) in [6, 6.07) is 8.28. The van der Waals surface area contributed by atoms with Crippen LogP contribution in [0.1, 0.15) is 38.2 Å². The number of benzene rings is 1. The summed E-state index contributed by atoms with van der Waals surface area (Å²) in [7, 11) is 0. The van der Waals surface area contributed by atoms with E-state index in [9.17, 15) is 9.59 Å². The molecular formula is C25H31N3O3. The quantitative estimate of drug-likeness (QED) is 0.804. The second kappa shape index (κ2) is 8.15. The van der Waals surface area contributed by atoms with Crippen molar-refractivity contribution in [3.63, 3.8) is 0 Å². The molecule has 6 heteroatoms. The lowest BCUT2D eigenvalue weighted by Gasteiger charge is -2.35. The Bertz CT molecular complexity index is 1020. The van der Waals surface area contributed by atoms with Crippen LogP contribution < -0.4 is 0 Å². The number of rotatable bonds is 5. The van der Waals surface area contributed by atoms with Crippen LogP contribution in [-0.4, -0.2) is 59.4 Å². The lowest BCUT2D eigenvalue weighted by molar-refractivity contribution is -0.141. The average Bonchev–Trinajstić information content (AvgIpc) is 3.30. The fraction of sp³-hybridized carbons (Fsp3) is 0.520. The van der Waals surface area contributed by atoms with Crippen LogP contribution in [0.15, 0.2) is 42.2 Å². The average molecular weight is 422 g/mol. The number of amides is 2. The molecule has 2 aromatic rings. The van der Waals surface area contributed by atoms with E-state index in [1.54, 1.807) is 0 Å². The van der Waals surface area contributed by atoms with Gasteiger partial charge in [0.2, 0.25) is 11.8 Å². The van der Waals surface area contributed by atoms with Crippen molar-refractivity contribution in [2.75, 3.05) is 32.8 Å². The third kappa shape index (κ3) is 3.57. The molecule has 1 aromatic carbocycles. The number of fused-ring (bicyclic) bond motifs is 2. The molecular weight excluding hydrogens is 390 g/mol. The fourth-order valence-electron chi connectivity index (χ4n) is 5.65. The molecule has 0 bridgehead atoms. The smallest absolute Gasteiger partial charge is 0.231 e. The molecule has 0 saturated carbocycles. The lowest BCUT2D eigenvalue weighted by atomic mass is 9.70. The monoisotopic (exact) mass is 421 g/mol. The van der Waals surface area contributed by atoms with E-state index in [0.717, 1.165) is 36.9 Å². The van der Waals surface area contributed by atoms with E-state index in [1.807, 2.05) is 15.9 Å². The lowest BCUT2D eigenvalue weighted by Crippen LogP contribution is -2.43. The fourth-order valence-corrected chi connectivity index (χ4v) is 5.65. The number of H-pyrrole nitrogens is 1. The van der Waals surface area contributed by atoms with Crippen LogP contribution in [0.2, 0.25) is 0 Å². The Morgan fingerprint density at radius 3 is 2.90 bits per heavy atom. The van der Waals surface area contributed by atoms with Crippen LogP contribution in [0.3, 0.4) is 0 Å². The van der Waals surface area contributed by atoms with Gasteiger partial charge in [-0.25, -0.2) is 0 Å². The summed E-state index contributed by atoms with van der Waals surface area (Å²) in [4.78, 5) is 33.8. The first kappa shape index (κ1) is 20.3. The molecule has 0 spiro atoms. The zero-order valence-corrected chi connectivity index (χ0v) is 18.2. The van der Waals surface area contributed by atoms with Crippen molar-refractivity contribution in [1.82, 2.24) is 14.8 Å². The van der Waals surface area contributed by atoms with Crippen LogP contribution >= 0.6 is 0 Å². The molecule has 5 rings (SSSR count). The number of aromatic nitrogens is 1. The van der Waals surface area contributed by atoms with E-state index in [2.05, 4.69) is 42.4 Å². The first-order valence-electron chi connectivity index (χ1n) is 11.5. The number of likely N-dealkylation sites (tertiary alicyclic amines) is 1. The number of carbonyl (C=O) groups excluding carboxylic acids is 2. The molecule has 2 atom stereocenters. The number of para-hydroxylation sites is 1. The van der Waals surface area contributed by atoms with Gasteiger partial charge in [-0.15, -0.1) is 0 Å². The molecule has 2 fully saturated rings. The number of hydrogen-bond acceptors (Lipinski definition) is 3. The molecule has 2 amide bonds. The van der Waals surface area contributed by atoms with Crippen molar-refractivity contribution in [3.05, 3.63) is 47.8 Å². The van der Waals surface area contributed by atoms with Crippen molar-refractivity contribution in [3.8, 4) is 0 Å². The molecule has 0 unspecified atom stereocenters. The van der Waals surface area contributed by atoms with Gasteiger partial charge in [0.05, 0.1) is 19.1 Å². The number of morpholine rings is 1. The van der Waals surface area contributed by atoms with Crippen molar-refractivity contribution in [2.45, 2.75) is 39.0 Å². The zero-order valence-electron chi connectivity index (χ0n) is 18.2. The maximum absolute atomic E-state index is 13.6. The van der Waals surface area contributed by atoms with E-state index in [1.165, 1.54) is 10.9 Å². The van der Waals surface area contributed by atoms with E-state index >= 15 is 0 Å². The van der Waals surface area contributed by atoms with Crippen LogP contribution in [0.5, 0.6) is 0 Å². The van der Waals surface area contributed by atoms with Gasteiger partial charge >= 0.3 is 0 Å². The summed E-state index contributed by atoms with van der Waals surface area (Å²) in [6.07, 6.45) is 8.45. The van der Waals surface area contributed by atoms with Crippen LogP contribution in [0, 0.1) is 11.3 Å². The number of allylic oxidation sites excluding steroid dienone is 2. The van der Waals surface area contributed by atoms with Crippen molar-refractivity contribution in [1.29, 1.82) is 0 Å². The second-order valence-corrected chi connectivity index (χ2v) is 9.25.